The molecule has 4 heterocycles. The van der Waals surface area contributed by atoms with Gasteiger partial charge in [-0.05, 0) is 23.0 Å². The summed E-state index contributed by atoms with van der Waals surface area (Å²) >= 11 is 0. The molecule has 0 saturated heterocycles. The van der Waals surface area contributed by atoms with Crippen LogP contribution in [0.15, 0.2) is 37.4 Å². The molecular formula is C18H22N6. The molecule has 6 nitrogen and oxygen atoms in total. The van der Waals surface area contributed by atoms with Crippen LogP contribution in [0.2, 0.25) is 0 Å². The highest BCUT2D eigenvalue weighted by Crippen LogP contribution is 2.22. The monoisotopic (exact) mass is 322 g/mol. The molecule has 4 rings (SSSR count). The van der Waals surface area contributed by atoms with Crippen LogP contribution in [0.4, 0.5) is 0 Å². The van der Waals surface area contributed by atoms with Crippen molar-refractivity contribution in [3.8, 4) is 0 Å². The molecule has 2 N–H and O–H groups in total. The number of rotatable bonds is 2. The second-order valence-electron chi connectivity index (χ2n) is 6.37. The molecule has 4 aromatic heterocycles. The van der Waals surface area contributed by atoms with Crippen molar-refractivity contribution < 1.29 is 0 Å². The van der Waals surface area contributed by atoms with Crippen LogP contribution in [0.5, 0.6) is 0 Å². The Morgan fingerprint density at radius 1 is 0.792 bits per heavy atom. The fraction of sp³-hybridized carbons (Fsp3) is 0.333. The Morgan fingerprint density at radius 2 is 1.46 bits per heavy atom. The number of H-pyrrole nitrogens is 2. The van der Waals surface area contributed by atoms with Crippen LogP contribution in [0.3, 0.4) is 0 Å². The zero-order valence-electron chi connectivity index (χ0n) is 14.4. The first-order valence-electron chi connectivity index (χ1n) is 8.12. The Bertz CT molecular complexity index is 857. The Balaban J connectivity index is 0.000000141. The smallest absolute Gasteiger partial charge is 0.140 e. The normalized spacial score (nSPS) is 11.2. The highest BCUT2D eigenvalue weighted by molar-refractivity contribution is 5.79. The number of nitrogens with zero attached hydrogens (tertiary/aromatic N) is 4. The third-order valence-electron chi connectivity index (χ3n) is 4.00. The minimum absolute atomic E-state index is 0.508. The fourth-order valence-corrected chi connectivity index (χ4v) is 2.69. The second kappa shape index (κ2) is 6.78. The van der Waals surface area contributed by atoms with E-state index in [1.807, 2.05) is 18.6 Å². The number of aromatic amines is 2. The minimum atomic E-state index is 0.508. The SMILES string of the molecule is CC(C)c1c[nH]c2cncnc12.CC(C)c1c[nH]c2ncncc12. The maximum Gasteiger partial charge on any atom is 0.140 e. The molecule has 24 heavy (non-hydrogen) atoms. The van der Waals surface area contributed by atoms with E-state index in [0.29, 0.717) is 11.8 Å². The largest absolute Gasteiger partial charge is 0.358 e. The first kappa shape index (κ1) is 16.1. The summed E-state index contributed by atoms with van der Waals surface area (Å²) in [6.07, 6.45) is 10.8. The molecule has 0 bridgehead atoms. The molecule has 6 heteroatoms. The quantitative estimate of drug-likeness (QED) is 0.580. The summed E-state index contributed by atoms with van der Waals surface area (Å²) in [4.78, 5) is 22.5. The standard InChI is InChI=1S/2C9H11N3/c1-6(2)7-4-11-9-8(7)3-10-5-12-9;1-6(2)7-3-11-8-4-10-5-12-9(7)8/h3-6H,1-2H3,(H,10,11,12);3-6,11H,1-2H3. The van der Waals surface area contributed by atoms with E-state index >= 15 is 0 Å². The second-order valence-corrected chi connectivity index (χ2v) is 6.37. The van der Waals surface area contributed by atoms with Crippen molar-refractivity contribution in [3.05, 3.63) is 48.6 Å². The lowest BCUT2D eigenvalue weighted by molar-refractivity contribution is 0.872. The molecule has 0 unspecified atom stereocenters. The number of nitrogens with one attached hydrogen (secondary N) is 2. The lowest BCUT2D eigenvalue weighted by Crippen LogP contribution is -1.86. The first-order valence-corrected chi connectivity index (χ1v) is 8.12. The summed E-state index contributed by atoms with van der Waals surface area (Å²) < 4.78 is 0. The fourth-order valence-electron chi connectivity index (χ4n) is 2.69. The molecule has 0 aliphatic carbocycles. The van der Waals surface area contributed by atoms with Crippen molar-refractivity contribution in [1.29, 1.82) is 0 Å². The average Bonchev–Trinajstić information content (AvgIpc) is 3.19. The Hall–Kier alpha value is -2.76. The average molecular weight is 322 g/mol. The summed E-state index contributed by atoms with van der Waals surface area (Å²) in [5, 5.41) is 1.13. The highest BCUT2D eigenvalue weighted by atomic mass is 14.9. The van der Waals surface area contributed by atoms with Crippen LogP contribution < -0.4 is 0 Å². The lowest BCUT2D eigenvalue weighted by atomic mass is 10.1. The van der Waals surface area contributed by atoms with Gasteiger partial charge < -0.3 is 9.97 Å². The highest BCUT2D eigenvalue weighted by Gasteiger charge is 2.07. The molecule has 0 spiro atoms. The van der Waals surface area contributed by atoms with E-state index in [9.17, 15) is 0 Å². The lowest BCUT2D eigenvalue weighted by Gasteiger charge is -1.99. The molecule has 0 fully saturated rings. The Labute approximate surface area is 140 Å². The van der Waals surface area contributed by atoms with Crippen LogP contribution >= 0.6 is 0 Å². The molecule has 0 saturated carbocycles. The van der Waals surface area contributed by atoms with Crippen molar-refractivity contribution in [2.45, 2.75) is 39.5 Å². The molecule has 0 amide bonds. The van der Waals surface area contributed by atoms with E-state index in [0.717, 1.165) is 22.1 Å². The molecule has 124 valence electrons. The van der Waals surface area contributed by atoms with Crippen LogP contribution in [0, 0.1) is 0 Å². The van der Waals surface area contributed by atoms with Crippen LogP contribution in [0.25, 0.3) is 22.1 Å². The van der Waals surface area contributed by atoms with Crippen molar-refractivity contribution >= 4 is 22.1 Å². The number of fused-ring (bicyclic) bond motifs is 2. The van der Waals surface area contributed by atoms with Gasteiger partial charge in [0.1, 0.15) is 18.3 Å². The molecule has 0 radical (unpaired) electrons. The topological polar surface area (TPSA) is 83.1 Å². The predicted octanol–water partition coefficient (Wildman–Crippen LogP) is 4.16. The van der Waals surface area contributed by atoms with Crippen LogP contribution in [-0.4, -0.2) is 29.9 Å². The maximum absolute atomic E-state index is 4.22. The van der Waals surface area contributed by atoms with Gasteiger partial charge in [-0.2, -0.15) is 0 Å². The van der Waals surface area contributed by atoms with E-state index in [1.54, 1.807) is 18.9 Å². The predicted molar refractivity (Wildman–Crippen MR) is 96.0 cm³/mol. The van der Waals surface area contributed by atoms with E-state index in [-0.39, 0.29) is 0 Å². The zero-order chi connectivity index (χ0) is 17.1. The molecule has 0 aromatic carbocycles. The summed E-state index contributed by atoms with van der Waals surface area (Å²) in [6.45, 7) is 8.64. The molecule has 0 aliphatic rings. The first-order chi connectivity index (χ1) is 11.6. The van der Waals surface area contributed by atoms with Gasteiger partial charge >= 0.3 is 0 Å². The van der Waals surface area contributed by atoms with Gasteiger partial charge in [-0.25, -0.2) is 19.9 Å². The van der Waals surface area contributed by atoms with Gasteiger partial charge in [0, 0.05) is 24.0 Å². The summed E-state index contributed by atoms with van der Waals surface area (Å²) in [5.74, 6) is 1.03. The molecular weight excluding hydrogens is 300 g/mol. The number of hydrogen-bond acceptors (Lipinski definition) is 4. The molecule has 0 aliphatic heterocycles. The van der Waals surface area contributed by atoms with E-state index in [2.05, 4.69) is 57.6 Å². The van der Waals surface area contributed by atoms with Gasteiger partial charge in [-0.15, -0.1) is 0 Å². The van der Waals surface area contributed by atoms with Gasteiger partial charge in [0.15, 0.2) is 0 Å². The molecule has 0 atom stereocenters. The minimum Gasteiger partial charge on any atom is -0.358 e. The molecule has 4 aromatic rings. The van der Waals surface area contributed by atoms with Crippen molar-refractivity contribution in [2.75, 3.05) is 0 Å². The number of aromatic nitrogens is 6. The van der Waals surface area contributed by atoms with Gasteiger partial charge in [0.05, 0.1) is 17.2 Å². The summed E-state index contributed by atoms with van der Waals surface area (Å²) in [5.41, 5.74) is 5.52. The summed E-state index contributed by atoms with van der Waals surface area (Å²) in [7, 11) is 0. The van der Waals surface area contributed by atoms with Crippen molar-refractivity contribution in [2.24, 2.45) is 0 Å². The summed E-state index contributed by atoms with van der Waals surface area (Å²) in [6, 6.07) is 0. The Morgan fingerprint density at radius 3 is 2.21 bits per heavy atom. The third kappa shape index (κ3) is 3.13. The van der Waals surface area contributed by atoms with E-state index in [4.69, 9.17) is 0 Å². The van der Waals surface area contributed by atoms with E-state index < -0.39 is 0 Å². The van der Waals surface area contributed by atoms with Crippen molar-refractivity contribution in [3.63, 3.8) is 0 Å². The third-order valence-corrected chi connectivity index (χ3v) is 4.00. The van der Waals surface area contributed by atoms with E-state index in [1.165, 1.54) is 11.1 Å². The zero-order valence-corrected chi connectivity index (χ0v) is 14.4. The number of hydrogen-bond donors (Lipinski definition) is 2. The van der Waals surface area contributed by atoms with Crippen LogP contribution in [0.1, 0.15) is 50.7 Å². The van der Waals surface area contributed by atoms with Crippen LogP contribution in [-0.2, 0) is 0 Å². The maximum atomic E-state index is 4.22. The Kier molecular flexibility index (Phi) is 4.55. The van der Waals surface area contributed by atoms with Gasteiger partial charge in [0.25, 0.3) is 0 Å². The van der Waals surface area contributed by atoms with Crippen molar-refractivity contribution in [1.82, 2.24) is 29.9 Å². The van der Waals surface area contributed by atoms with Gasteiger partial charge in [-0.1, -0.05) is 27.7 Å². The van der Waals surface area contributed by atoms with Gasteiger partial charge in [-0.3, -0.25) is 0 Å². The van der Waals surface area contributed by atoms with Gasteiger partial charge in [0.2, 0.25) is 0 Å².